The Labute approximate surface area is 219 Å². The number of fused-ring (bicyclic) bond motifs is 1. The maximum atomic E-state index is 13.0. The van der Waals surface area contributed by atoms with Gasteiger partial charge in [-0.1, -0.05) is 37.0 Å². The van der Waals surface area contributed by atoms with Gasteiger partial charge >= 0.3 is 24.1 Å². The molecule has 1 aromatic carbocycles. The Balaban J connectivity index is 2.02. The summed E-state index contributed by atoms with van der Waals surface area (Å²) in [6.45, 7) is 8.42. The lowest BCUT2D eigenvalue weighted by atomic mass is 9.62. The third-order valence-electron chi connectivity index (χ3n) is 7.33. The zero-order chi connectivity index (χ0) is 27.2. The van der Waals surface area contributed by atoms with Crippen molar-refractivity contribution in [3.05, 3.63) is 28.2 Å². The van der Waals surface area contributed by atoms with Crippen LogP contribution in [0.1, 0.15) is 47.5 Å². The predicted octanol–water partition coefficient (Wildman–Crippen LogP) is 4.60. The van der Waals surface area contributed by atoms with E-state index in [-0.39, 0.29) is 12.8 Å². The molecule has 3 rings (SSSR count). The molecule has 0 heterocycles. The zero-order valence-electron chi connectivity index (χ0n) is 20.6. The van der Waals surface area contributed by atoms with Gasteiger partial charge in [-0.15, -0.1) is 0 Å². The normalized spacial score (nSPS) is 28.0. The van der Waals surface area contributed by atoms with Gasteiger partial charge in [0.05, 0.1) is 5.92 Å². The summed E-state index contributed by atoms with van der Waals surface area (Å²) in [5, 5.41) is 29.0. The molecule has 36 heavy (non-hydrogen) atoms. The Bertz CT molecular complexity index is 1070. The van der Waals surface area contributed by atoms with Gasteiger partial charge in [-0.05, 0) is 57.7 Å². The van der Waals surface area contributed by atoms with E-state index < -0.39 is 64.4 Å². The first-order valence-corrected chi connectivity index (χ1v) is 12.4. The minimum absolute atomic E-state index is 0.235. The monoisotopic (exact) mass is 543 g/mol. The van der Waals surface area contributed by atoms with E-state index in [1.54, 1.807) is 34.6 Å². The molecule has 5 N–H and O–H groups in total. The minimum Gasteiger partial charge on any atom is -0.481 e. The fourth-order valence-electron chi connectivity index (χ4n) is 6.07. The SMILES string of the molecule is CCC1(CC)C(NC(=O)Nc2cc(Cl)cc(Cl)c2)C2C(C(=O)O)C2C1(NC(=O)OC(C)(C)C)C(=O)O. The third kappa shape index (κ3) is 4.68. The fourth-order valence-corrected chi connectivity index (χ4v) is 6.59. The second-order valence-electron chi connectivity index (χ2n) is 10.3. The second-order valence-corrected chi connectivity index (χ2v) is 11.2. The van der Waals surface area contributed by atoms with Crippen LogP contribution in [-0.4, -0.2) is 51.5 Å². The topological polar surface area (TPSA) is 154 Å². The molecule has 0 bridgehead atoms. The van der Waals surface area contributed by atoms with Gasteiger partial charge in [-0.3, -0.25) is 4.79 Å². The van der Waals surface area contributed by atoms with E-state index in [2.05, 4.69) is 16.0 Å². The highest BCUT2D eigenvalue weighted by molar-refractivity contribution is 6.35. The average Bonchev–Trinajstić information content (AvgIpc) is 3.41. The van der Waals surface area contributed by atoms with E-state index in [4.69, 9.17) is 27.9 Å². The van der Waals surface area contributed by atoms with Crippen LogP contribution in [0.2, 0.25) is 10.0 Å². The summed E-state index contributed by atoms with van der Waals surface area (Å²) in [6, 6.07) is 2.91. The number of hydrogen-bond donors (Lipinski definition) is 5. The molecule has 5 unspecified atom stereocenters. The van der Waals surface area contributed by atoms with Gasteiger partial charge in [-0.2, -0.15) is 0 Å². The number of ether oxygens (including phenoxy) is 1. The number of alkyl carbamates (subject to hydrolysis) is 1. The van der Waals surface area contributed by atoms with Gasteiger partial charge in [0.1, 0.15) is 5.60 Å². The van der Waals surface area contributed by atoms with Crippen LogP contribution < -0.4 is 16.0 Å². The number of carboxylic acids is 2. The Morgan fingerprint density at radius 1 is 1.03 bits per heavy atom. The van der Waals surface area contributed by atoms with E-state index in [0.717, 1.165) is 0 Å². The van der Waals surface area contributed by atoms with Crippen molar-refractivity contribution in [1.82, 2.24) is 10.6 Å². The van der Waals surface area contributed by atoms with Crippen molar-refractivity contribution in [3.8, 4) is 0 Å². The Hall–Kier alpha value is -2.72. The van der Waals surface area contributed by atoms with Crippen molar-refractivity contribution in [2.45, 2.75) is 64.6 Å². The number of halogens is 2. The van der Waals surface area contributed by atoms with Crippen LogP contribution in [0.3, 0.4) is 0 Å². The highest BCUT2D eigenvalue weighted by Crippen LogP contribution is 2.71. The minimum atomic E-state index is -1.98. The molecule has 2 aliphatic carbocycles. The maximum Gasteiger partial charge on any atom is 0.408 e. The summed E-state index contributed by atoms with van der Waals surface area (Å²) in [5.41, 5.74) is -3.79. The summed E-state index contributed by atoms with van der Waals surface area (Å²) in [5.74, 6) is -5.32. The molecule has 198 valence electrons. The van der Waals surface area contributed by atoms with Crippen molar-refractivity contribution >= 4 is 53.0 Å². The highest BCUT2D eigenvalue weighted by atomic mass is 35.5. The Morgan fingerprint density at radius 3 is 2.03 bits per heavy atom. The number of aliphatic carboxylic acids is 2. The molecule has 0 spiro atoms. The van der Waals surface area contributed by atoms with Crippen LogP contribution in [0.5, 0.6) is 0 Å². The van der Waals surface area contributed by atoms with Gasteiger partial charge in [0.25, 0.3) is 0 Å². The zero-order valence-corrected chi connectivity index (χ0v) is 22.2. The van der Waals surface area contributed by atoms with Gasteiger partial charge in [0, 0.05) is 33.1 Å². The molecule has 0 aromatic heterocycles. The number of carboxylic acid groups (broad SMARTS) is 2. The summed E-state index contributed by atoms with van der Waals surface area (Å²) in [4.78, 5) is 50.9. The van der Waals surface area contributed by atoms with Crippen LogP contribution in [-0.2, 0) is 14.3 Å². The molecule has 2 aliphatic rings. The van der Waals surface area contributed by atoms with Gasteiger partial charge in [0.15, 0.2) is 5.54 Å². The molecule has 2 fully saturated rings. The molecule has 2 saturated carbocycles. The summed E-state index contributed by atoms with van der Waals surface area (Å²) < 4.78 is 5.35. The van der Waals surface area contributed by atoms with E-state index in [0.29, 0.717) is 15.7 Å². The van der Waals surface area contributed by atoms with Crippen molar-refractivity contribution in [2.24, 2.45) is 23.2 Å². The van der Waals surface area contributed by atoms with Gasteiger partial charge in [-0.25, -0.2) is 14.4 Å². The number of amides is 3. The van der Waals surface area contributed by atoms with Crippen molar-refractivity contribution in [2.75, 3.05) is 5.32 Å². The molecule has 1 aromatic rings. The summed E-state index contributed by atoms with van der Waals surface area (Å²) in [7, 11) is 0. The molecule has 12 heteroatoms. The average molecular weight is 544 g/mol. The standard InChI is InChI=1S/C24H31Cl2N3O7/c1-6-23(7-2)17(28-20(34)27-13-9-11(25)8-12(26)10-13)14-15(18(30)31)16(14)24(23,19(32)33)29-21(35)36-22(3,4)5/h8-10,14-17H,6-7H2,1-5H3,(H,29,35)(H,30,31)(H,32,33)(H2,27,28,34). The Kier molecular flexibility index (Phi) is 7.45. The van der Waals surface area contributed by atoms with Gasteiger partial charge < -0.3 is 30.9 Å². The van der Waals surface area contributed by atoms with E-state index >= 15 is 0 Å². The summed E-state index contributed by atoms with van der Waals surface area (Å²) >= 11 is 12.0. The molecule has 0 radical (unpaired) electrons. The lowest BCUT2D eigenvalue weighted by Crippen LogP contribution is -2.69. The lowest BCUT2D eigenvalue weighted by Gasteiger charge is -2.48. The van der Waals surface area contributed by atoms with Crippen molar-refractivity contribution in [1.29, 1.82) is 0 Å². The van der Waals surface area contributed by atoms with Crippen LogP contribution in [0, 0.1) is 23.2 Å². The molecule has 10 nitrogen and oxygen atoms in total. The highest BCUT2D eigenvalue weighted by Gasteiger charge is 2.84. The van der Waals surface area contributed by atoms with Crippen LogP contribution in [0.25, 0.3) is 0 Å². The first kappa shape index (κ1) is 27.9. The van der Waals surface area contributed by atoms with Crippen molar-refractivity contribution in [3.63, 3.8) is 0 Å². The van der Waals surface area contributed by atoms with Crippen molar-refractivity contribution < 1.29 is 34.1 Å². The van der Waals surface area contributed by atoms with E-state index in [9.17, 15) is 29.4 Å². The number of carbonyl (C=O) groups is 4. The number of carbonyl (C=O) groups excluding carboxylic acids is 2. The number of nitrogens with one attached hydrogen (secondary N) is 3. The first-order valence-electron chi connectivity index (χ1n) is 11.6. The third-order valence-corrected chi connectivity index (χ3v) is 7.77. The quantitative estimate of drug-likeness (QED) is 0.336. The molecule has 0 saturated heterocycles. The lowest BCUT2D eigenvalue weighted by molar-refractivity contribution is -0.155. The van der Waals surface area contributed by atoms with Crippen LogP contribution in [0.4, 0.5) is 15.3 Å². The largest absolute Gasteiger partial charge is 0.481 e. The van der Waals surface area contributed by atoms with E-state index in [1.807, 2.05) is 0 Å². The number of rotatable bonds is 7. The maximum absolute atomic E-state index is 13.0. The molecule has 3 amide bonds. The predicted molar refractivity (Wildman–Crippen MR) is 133 cm³/mol. The molecular formula is C24H31Cl2N3O7. The number of urea groups is 1. The molecule has 0 aliphatic heterocycles. The first-order chi connectivity index (χ1) is 16.6. The van der Waals surface area contributed by atoms with Crippen LogP contribution in [0.15, 0.2) is 18.2 Å². The molecular weight excluding hydrogens is 513 g/mol. The van der Waals surface area contributed by atoms with E-state index in [1.165, 1.54) is 18.2 Å². The number of hydrogen-bond acceptors (Lipinski definition) is 5. The second kappa shape index (κ2) is 9.63. The Morgan fingerprint density at radius 2 is 1.58 bits per heavy atom. The summed E-state index contributed by atoms with van der Waals surface area (Å²) in [6.07, 6.45) is -0.498. The van der Waals surface area contributed by atoms with Gasteiger partial charge in [0.2, 0.25) is 0 Å². The number of anilines is 1. The van der Waals surface area contributed by atoms with Crippen LogP contribution >= 0.6 is 23.2 Å². The molecule has 5 atom stereocenters. The smallest absolute Gasteiger partial charge is 0.408 e. The number of benzene rings is 1. The fraction of sp³-hybridized carbons (Fsp3) is 0.583.